The summed E-state index contributed by atoms with van der Waals surface area (Å²) in [6, 6.07) is 9.94. The van der Waals surface area contributed by atoms with E-state index in [0.717, 1.165) is 49.6 Å². The molecule has 4 rings (SSSR count). The van der Waals surface area contributed by atoms with Gasteiger partial charge in [0.15, 0.2) is 9.84 Å². The minimum absolute atomic E-state index is 0.0908. The number of halogens is 2. The lowest BCUT2D eigenvalue weighted by molar-refractivity contribution is -0.133. The molecule has 2 aromatic carbocycles. The van der Waals surface area contributed by atoms with Gasteiger partial charge >= 0.3 is 0 Å². The van der Waals surface area contributed by atoms with Crippen molar-refractivity contribution in [3.8, 4) is 0 Å². The average molecular weight is 705 g/mol. The number of benzene rings is 2. The van der Waals surface area contributed by atoms with Gasteiger partial charge in [-0.3, -0.25) is 14.5 Å². The number of hydrogen-bond acceptors (Lipinski definition) is 7. The maximum Gasteiger partial charge on any atom is 0.239 e. The summed E-state index contributed by atoms with van der Waals surface area (Å²) >= 11 is 0. The molecule has 0 bridgehead atoms. The first kappa shape index (κ1) is 38.9. The summed E-state index contributed by atoms with van der Waals surface area (Å²) in [7, 11) is -3.88. The molecule has 0 aromatic heterocycles. The molecular weight excluding hydrogens is 650 g/mol. The van der Waals surface area contributed by atoms with E-state index in [9.17, 15) is 31.9 Å². The zero-order chi connectivity index (χ0) is 36.1. The molecule has 6 atom stereocenters. The highest BCUT2D eigenvalue weighted by molar-refractivity contribution is 7.92. The Bertz CT molecular complexity index is 1530. The molecule has 0 spiro atoms. The fourth-order valence-corrected chi connectivity index (χ4v) is 7.80. The predicted octanol–water partition coefficient (Wildman–Crippen LogP) is 4.13. The van der Waals surface area contributed by atoms with Crippen LogP contribution in [-0.2, 0) is 32.4 Å². The Balaban J connectivity index is 1.62. The Morgan fingerprint density at radius 2 is 1.57 bits per heavy atom. The van der Waals surface area contributed by atoms with Crippen LogP contribution < -0.4 is 16.0 Å². The Morgan fingerprint density at radius 3 is 2.16 bits per heavy atom. The first-order valence-corrected chi connectivity index (χ1v) is 19.2. The number of piperidine rings is 1. The summed E-state index contributed by atoms with van der Waals surface area (Å²) in [5, 5.41) is 20.7. The number of nitrogens with one attached hydrogen (secondary N) is 3. The number of amides is 2. The number of aliphatic hydroxyl groups is 1. The summed E-state index contributed by atoms with van der Waals surface area (Å²) in [6.07, 6.45) is 5.19. The van der Waals surface area contributed by atoms with E-state index in [1.54, 1.807) is 0 Å². The number of carbonyl (C=O) groups excluding carboxylic acids is 2. The van der Waals surface area contributed by atoms with Crippen LogP contribution in [0, 0.1) is 23.5 Å². The summed E-state index contributed by atoms with van der Waals surface area (Å²) in [5.74, 6) is -1.64. The van der Waals surface area contributed by atoms with Crippen molar-refractivity contribution in [2.75, 3.05) is 19.3 Å². The molecule has 1 aliphatic carbocycles. The van der Waals surface area contributed by atoms with E-state index in [1.165, 1.54) is 19.9 Å². The van der Waals surface area contributed by atoms with Crippen LogP contribution in [-0.4, -0.2) is 84.1 Å². The first-order chi connectivity index (χ1) is 22.9. The molecule has 9 nitrogen and oxygen atoms in total. The van der Waals surface area contributed by atoms with Crippen molar-refractivity contribution < 1.29 is 31.9 Å². The normalized spacial score (nSPS) is 22.4. The lowest BCUT2D eigenvalue weighted by Crippen LogP contribution is -2.63. The molecule has 4 N–H and O–H groups in total. The second-order valence-electron chi connectivity index (χ2n) is 15.5. The predicted molar refractivity (Wildman–Crippen MR) is 187 cm³/mol. The van der Waals surface area contributed by atoms with E-state index < -0.39 is 68.4 Å². The molecule has 1 saturated heterocycles. The topological polar surface area (TPSA) is 128 Å². The van der Waals surface area contributed by atoms with Crippen molar-refractivity contribution in [1.82, 2.24) is 20.9 Å². The van der Waals surface area contributed by atoms with Crippen molar-refractivity contribution in [2.24, 2.45) is 11.8 Å². The van der Waals surface area contributed by atoms with Gasteiger partial charge in [0.05, 0.1) is 22.9 Å². The summed E-state index contributed by atoms with van der Waals surface area (Å²) < 4.78 is 53.3. The average Bonchev–Trinajstić information content (AvgIpc) is 3.00. The number of fused-ring (bicyclic) bond motifs is 1. The highest BCUT2D eigenvalue weighted by Gasteiger charge is 2.45. The second kappa shape index (κ2) is 16.0. The molecule has 12 heteroatoms. The molecule has 2 fully saturated rings. The Labute approximate surface area is 290 Å². The standard InChI is InChI=1S/C37H54F2N4O5S/c1-36(2,3)42-34(45)31-20-25-15-10-11-16-26(25)22-43(31)23-32(44)30(19-24-13-8-7-9-14-24)41-35(46)33(37(4,5)49(6,47)48)40-21-27-28(38)17-12-18-29(27)39/h7-9,12-14,17-18,25-26,30-33,40,44H,10-11,15-16,19-23H2,1-6H3,(H,41,46)(H,42,45)/t25?,26?,30-,31-,32+,33+/m0/s1. The van der Waals surface area contributed by atoms with Gasteiger partial charge in [0.25, 0.3) is 0 Å². The van der Waals surface area contributed by atoms with E-state index in [4.69, 9.17) is 0 Å². The molecule has 1 aliphatic heterocycles. The van der Waals surface area contributed by atoms with Crippen LogP contribution in [0.4, 0.5) is 8.78 Å². The highest BCUT2D eigenvalue weighted by Crippen LogP contribution is 2.39. The van der Waals surface area contributed by atoms with E-state index in [1.807, 2.05) is 56.0 Å². The Kier molecular flexibility index (Phi) is 12.7. The van der Waals surface area contributed by atoms with Crippen LogP contribution in [0.5, 0.6) is 0 Å². The number of carbonyl (C=O) groups is 2. The van der Waals surface area contributed by atoms with Crippen LogP contribution in [0.2, 0.25) is 0 Å². The van der Waals surface area contributed by atoms with Gasteiger partial charge in [-0.1, -0.05) is 55.7 Å². The smallest absolute Gasteiger partial charge is 0.239 e. The van der Waals surface area contributed by atoms with Gasteiger partial charge in [-0.05, 0) is 83.4 Å². The quantitative estimate of drug-likeness (QED) is 0.247. The van der Waals surface area contributed by atoms with Crippen LogP contribution in [0.1, 0.15) is 77.8 Å². The van der Waals surface area contributed by atoms with Gasteiger partial charge in [-0.25, -0.2) is 17.2 Å². The maximum absolute atomic E-state index is 14.5. The summed E-state index contributed by atoms with van der Waals surface area (Å²) in [4.78, 5) is 29.8. The van der Waals surface area contributed by atoms with Crippen LogP contribution >= 0.6 is 0 Å². The van der Waals surface area contributed by atoms with Crippen molar-refractivity contribution in [1.29, 1.82) is 0 Å². The third-order valence-electron chi connectivity index (χ3n) is 10.3. The van der Waals surface area contributed by atoms with Gasteiger partial charge in [-0.15, -0.1) is 0 Å². The molecule has 2 aromatic rings. The van der Waals surface area contributed by atoms with Crippen molar-refractivity contribution in [3.63, 3.8) is 0 Å². The number of β-amino-alcohol motifs (C(OH)–C–C–N with tert-alkyl or cyclic N) is 1. The van der Waals surface area contributed by atoms with Gasteiger partial charge in [-0.2, -0.15) is 0 Å². The third-order valence-corrected chi connectivity index (χ3v) is 12.4. The first-order valence-electron chi connectivity index (χ1n) is 17.3. The highest BCUT2D eigenvalue weighted by atomic mass is 32.2. The SMILES string of the molecule is CC(C)(C)NC(=O)[C@@H]1CC2CCCCC2CN1C[C@@H](O)[C@H](Cc1ccccc1)NC(=O)[C@@H](NCc1c(F)cccc1F)C(C)(C)S(C)(=O)=O. The van der Waals surface area contributed by atoms with Crippen molar-refractivity contribution >= 4 is 21.7 Å². The Morgan fingerprint density at radius 1 is 0.959 bits per heavy atom. The van der Waals surface area contributed by atoms with Gasteiger partial charge < -0.3 is 21.1 Å². The zero-order valence-corrected chi connectivity index (χ0v) is 30.5. The van der Waals surface area contributed by atoms with E-state index >= 15 is 0 Å². The van der Waals surface area contributed by atoms with Crippen molar-refractivity contribution in [2.45, 2.75) is 114 Å². The summed E-state index contributed by atoms with van der Waals surface area (Å²) in [6.45, 7) is 8.88. The summed E-state index contributed by atoms with van der Waals surface area (Å²) in [5.41, 5.74) is 0.0746. The van der Waals surface area contributed by atoms with E-state index in [2.05, 4.69) is 16.0 Å². The fraction of sp³-hybridized carbons (Fsp3) is 0.622. The number of hydrogen-bond donors (Lipinski definition) is 4. The lowest BCUT2D eigenvalue weighted by atomic mass is 9.72. The molecule has 2 unspecified atom stereocenters. The largest absolute Gasteiger partial charge is 0.390 e. The minimum atomic E-state index is -3.88. The second-order valence-corrected chi connectivity index (χ2v) is 18.1. The molecule has 0 radical (unpaired) electrons. The molecule has 272 valence electrons. The minimum Gasteiger partial charge on any atom is -0.390 e. The third kappa shape index (κ3) is 10.1. The van der Waals surface area contributed by atoms with E-state index in [0.29, 0.717) is 24.8 Å². The van der Waals surface area contributed by atoms with Gasteiger partial charge in [0.1, 0.15) is 17.7 Å². The maximum atomic E-state index is 14.5. The number of sulfone groups is 1. The number of likely N-dealkylation sites (tertiary alicyclic amines) is 1. The Hall–Kier alpha value is -2.93. The van der Waals surface area contributed by atoms with Gasteiger partial charge in [0.2, 0.25) is 11.8 Å². The van der Waals surface area contributed by atoms with Crippen molar-refractivity contribution in [3.05, 3.63) is 71.3 Å². The van der Waals surface area contributed by atoms with Crippen LogP contribution in [0.25, 0.3) is 0 Å². The molecule has 2 aliphatic rings. The van der Waals surface area contributed by atoms with Crippen LogP contribution in [0.15, 0.2) is 48.5 Å². The number of aliphatic hydroxyl groups excluding tert-OH is 1. The lowest BCUT2D eigenvalue weighted by Gasteiger charge is -2.47. The number of rotatable bonds is 13. The van der Waals surface area contributed by atoms with E-state index in [-0.39, 0.29) is 24.4 Å². The zero-order valence-electron chi connectivity index (χ0n) is 29.6. The molecule has 49 heavy (non-hydrogen) atoms. The fourth-order valence-electron chi connectivity index (χ4n) is 7.19. The number of nitrogens with zero attached hydrogens (tertiary/aromatic N) is 1. The molecule has 1 heterocycles. The molecular formula is C37H54F2N4O5S. The monoisotopic (exact) mass is 704 g/mol. The molecule has 2 amide bonds. The molecule has 1 saturated carbocycles. The van der Waals surface area contributed by atoms with Crippen LogP contribution in [0.3, 0.4) is 0 Å². The van der Waals surface area contributed by atoms with Gasteiger partial charge in [0, 0.05) is 37.0 Å².